The van der Waals surface area contributed by atoms with E-state index in [1.54, 1.807) is 12.1 Å². The van der Waals surface area contributed by atoms with Crippen molar-refractivity contribution in [3.8, 4) is 5.75 Å². The van der Waals surface area contributed by atoms with Crippen molar-refractivity contribution in [1.29, 1.82) is 0 Å². The molecule has 0 bridgehead atoms. The number of amides is 1. The second-order valence-electron chi connectivity index (χ2n) is 5.47. The lowest BCUT2D eigenvalue weighted by Crippen LogP contribution is -2.20. The van der Waals surface area contributed by atoms with E-state index in [0.29, 0.717) is 5.69 Å². The maximum absolute atomic E-state index is 13.5. The lowest BCUT2D eigenvalue weighted by molar-refractivity contribution is -0.118. The quantitative estimate of drug-likeness (QED) is 0.628. The first-order valence-electron chi connectivity index (χ1n) is 8.01. The molecule has 28 heavy (non-hydrogen) atoms. The van der Waals surface area contributed by atoms with Gasteiger partial charge in [0.25, 0.3) is 15.9 Å². The average Bonchev–Trinajstić information content (AvgIpc) is 2.68. The van der Waals surface area contributed by atoms with Crippen LogP contribution in [0.25, 0.3) is 0 Å². The minimum atomic E-state index is -3.86. The molecule has 0 aliphatic rings. The van der Waals surface area contributed by atoms with E-state index in [1.807, 2.05) is 0 Å². The van der Waals surface area contributed by atoms with Gasteiger partial charge >= 0.3 is 0 Å². The number of nitrogens with one attached hydrogen (secondary N) is 2. The molecule has 1 heterocycles. The van der Waals surface area contributed by atoms with Gasteiger partial charge in [0.2, 0.25) is 5.95 Å². The number of aromatic nitrogens is 2. The lowest BCUT2D eigenvalue weighted by Gasteiger charge is -2.09. The maximum atomic E-state index is 13.5. The van der Waals surface area contributed by atoms with Crippen LogP contribution in [0.3, 0.4) is 0 Å². The van der Waals surface area contributed by atoms with E-state index in [9.17, 15) is 17.6 Å². The third kappa shape index (κ3) is 5.01. The van der Waals surface area contributed by atoms with Crippen molar-refractivity contribution in [3.05, 3.63) is 72.8 Å². The number of carbonyl (C=O) groups is 1. The SMILES string of the molecule is O=C(COc1ccccc1F)Nc1ccc(S(=O)(=O)Nc2ncccn2)cc1. The molecule has 10 heteroatoms. The van der Waals surface area contributed by atoms with E-state index in [1.165, 1.54) is 54.9 Å². The van der Waals surface area contributed by atoms with Gasteiger partial charge in [-0.15, -0.1) is 0 Å². The molecule has 0 radical (unpaired) electrons. The van der Waals surface area contributed by atoms with Crippen molar-refractivity contribution in [2.45, 2.75) is 4.90 Å². The first kappa shape index (κ1) is 19.2. The Hall–Kier alpha value is -3.53. The first-order valence-corrected chi connectivity index (χ1v) is 9.49. The highest BCUT2D eigenvalue weighted by Crippen LogP contribution is 2.17. The number of halogens is 1. The van der Waals surface area contributed by atoms with Crippen LogP contribution in [0.1, 0.15) is 0 Å². The lowest BCUT2D eigenvalue weighted by atomic mass is 10.3. The van der Waals surface area contributed by atoms with Gasteiger partial charge in [0.1, 0.15) is 0 Å². The molecule has 1 aromatic heterocycles. The summed E-state index contributed by atoms with van der Waals surface area (Å²) in [5.41, 5.74) is 0.358. The number of benzene rings is 2. The van der Waals surface area contributed by atoms with Gasteiger partial charge in [-0.25, -0.2) is 27.5 Å². The smallest absolute Gasteiger partial charge is 0.264 e. The number of para-hydroxylation sites is 1. The molecule has 0 saturated carbocycles. The normalized spacial score (nSPS) is 10.9. The summed E-state index contributed by atoms with van der Waals surface area (Å²) in [7, 11) is -3.86. The summed E-state index contributed by atoms with van der Waals surface area (Å²) in [4.78, 5) is 19.5. The number of anilines is 2. The van der Waals surface area contributed by atoms with Crippen molar-refractivity contribution in [3.63, 3.8) is 0 Å². The number of sulfonamides is 1. The van der Waals surface area contributed by atoms with Crippen molar-refractivity contribution in [2.75, 3.05) is 16.6 Å². The number of hydrogen-bond donors (Lipinski definition) is 2. The topological polar surface area (TPSA) is 110 Å². The van der Waals surface area contributed by atoms with E-state index in [4.69, 9.17) is 4.74 Å². The first-order chi connectivity index (χ1) is 13.4. The van der Waals surface area contributed by atoms with Crippen molar-refractivity contribution in [1.82, 2.24) is 9.97 Å². The average molecular weight is 402 g/mol. The fourth-order valence-corrected chi connectivity index (χ4v) is 3.11. The predicted molar refractivity (Wildman–Crippen MR) is 99.8 cm³/mol. The van der Waals surface area contributed by atoms with E-state index in [2.05, 4.69) is 20.0 Å². The summed E-state index contributed by atoms with van der Waals surface area (Å²) in [6, 6.07) is 12.8. The maximum Gasteiger partial charge on any atom is 0.264 e. The van der Waals surface area contributed by atoms with Crippen molar-refractivity contribution in [2.24, 2.45) is 0 Å². The Balaban J connectivity index is 1.59. The second-order valence-corrected chi connectivity index (χ2v) is 7.15. The molecule has 1 amide bonds. The Bertz CT molecular complexity index is 1060. The van der Waals surface area contributed by atoms with Crippen molar-refractivity contribution < 1.29 is 22.3 Å². The molecule has 0 spiro atoms. The van der Waals surface area contributed by atoms with Crippen LogP contribution in [0, 0.1) is 5.82 Å². The largest absolute Gasteiger partial charge is 0.481 e. The third-order valence-corrected chi connectivity index (χ3v) is 4.78. The summed E-state index contributed by atoms with van der Waals surface area (Å²) in [5.74, 6) is -1.17. The molecular formula is C18H15FN4O4S. The third-order valence-electron chi connectivity index (χ3n) is 3.44. The molecule has 8 nitrogen and oxygen atoms in total. The molecule has 0 aliphatic carbocycles. The van der Waals surface area contributed by atoms with Gasteiger partial charge in [0.15, 0.2) is 18.2 Å². The van der Waals surface area contributed by atoms with Crippen LogP contribution in [0.15, 0.2) is 71.9 Å². The molecule has 0 atom stereocenters. The summed E-state index contributed by atoms with van der Waals surface area (Å²) in [6.45, 7) is -0.395. The molecule has 144 valence electrons. The Kier molecular flexibility index (Phi) is 5.80. The molecule has 0 fully saturated rings. The van der Waals surface area contributed by atoms with E-state index in [0.717, 1.165) is 0 Å². The van der Waals surface area contributed by atoms with Crippen LogP contribution >= 0.6 is 0 Å². The van der Waals surface area contributed by atoms with Gasteiger partial charge in [-0.05, 0) is 42.5 Å². The monoisotopic (exact) mass is 402 g/mol. The molecule has 2 N–H and O–H groups in total. The van der Waals surface area contributed by atoms with Crippen LogP contribution in [-0.4, -0.2) is 30.9 Å². The summed E-state index contributed by atoms with van der Waals surface area (Å²) >= 11 is 0. The van der Waals surface area contributed by atoms with Gasteiger partial charge < -0.3 is 10.1 Å². The van der Waals surface area contributed by atoms with Crippen molar-refractivity contribution >= 4 is 27.6 Å². The van der Waals surface area contributed by atoms with Gasteiger partial charge in [0, 0.05) is 18.1 Å². The van der Waals surface area contributed by atoms with Crippen LogP contribution in [-0.2, 0) is 14.8 Å². The number of nitrogens with zero attached hydrogens (tertiary/aromatic N) is 2. The fraction of sp³-hybridized carbons (Fsp3) is 0.0556. The van der Waals surface area contributed by atoms with Gasteiger partial charge in [-0.3, -0.25) is 4.79 Å². The minimum Gasteiger partial charge on any atom is -0.481 e. The molecule has 0 unspecified atom stereocenters. The summed E-state index contributed by atoms with van der Waals surface area (Å²) < 4.78 is 45.4. The van der Waals surface area contributed by atoms with E-state index < -0.39 is 28.4 Å². The Morgan fingerprint density at radius 2 is 1.68 bits per heavy atom. The highest BCUT2D eigenvalue weighted by atomic mass is 32.2. The number of carbonyl (C=O) groups excluding carboxylic acids is 1. The number of ether oxygens (including phenoxy) is 1. The standard InChI is InChI=1S/C18H15FN4O4S/c19-15-4-1-2-5-16(15)27-12-17(24)22-13-6-8-14(9-7-13)28(25,26)23-18-20-10-3-11-21-18/h1-11H,12H2,(H,22,24)(H,20,21,23). The van der Waals surface area contributed by atoms with Crippen LogP contribution < -0.4 is 14.8 Å². The Morgan fingerprint density at radius 1 is 1.00 bits per heavy atom. The predicted octanol–water partition coefficient (Wildman–Crippen LogP) is 2.43. The zero-order valence-electron chi connectivity index (χ0n) is 14.4. The van der Waals surface area contributed by atoms with E-state index in [-0.39, 0.29) is 16.6 Å². The zero-order valence-corrected chi connectivity index (χ0v) is 15.2. The minimum absolute atomic E-state index is 0.0273. The highest BCUT2D eigenvalue weighted by molar-refractivity contribution is 7.92. The molecule has 0 saturated heterocycles. The fourth-order valence-electron chi connectivity index (χ4n) is 2.15. The molecule has 3 aromatic rings. The summed E-state index contributed by atoms with van der Waals surface area (Å²) in [5, 5.41) is 2.53. The molecular weight excluding hydrogens is 387 g/mol. The van der Waals surface area contributed by atoms with Gasteiger partial charge in [-0.1, -0.05) is 12.1 Å². The Labute approximate surface area is 160 Å². The Morgan fingerprint density at radius 3 is 2.36 bits per heavy atom. The van der Waals surface area contributed by atoms with Gasteiger partial charge in [0.05, 0.1) is 4.90 Å². The summed E-state index contributed by atoms with van der Waals surface area (Å²) in [6.07, 6.45) is 2.82. The zero-order chi connectivity index (χ0) is 20.0. The second kappa shape index (κ2) is 8.44. The van der Waals surface area contributed by atoms with E-state index >= 15 is 0 Å². The number of hydrogen-bond acceptors (Lipinski definition) is 6. The van der Waals surface area contributed by atoms with Crippen LogP contribution in [0.2, 0.25) is 0 Å². The van der Waals surface area contributed by atoms with Gasteiger partial charge in [-0.2, -0.15) is 0 Å². The number of rotatable bonds is 7. The molecule has 0 aliphatic heterocycles. The van der Waals surface area contributed by atoms with Crippen LogP contribution in [0.4, 0.5) is 16.0 Å². The molecule has 3 rings (SSSR count). The van der Waals surface area contributed by atoms with Crippen LogP contribution in [0.5, 0.6) is 5.75 Å². The highest BCUT2D eigenvalue weighted by Gasteiger charge is 2.15. The molecule has 2 aromatic carbocycles.